The second-order valence-electron chi connectivity index (χ2n) is 6.05. The van der Waals surface area contributed by atoms with E-state index < -0.39 is 11.9 Å². The number of halogens is 4. The highest BCUT2D eigenvalue weighted by Crippen LogP contribution is 2.29. The van der Waals surface area contributed by atoms with Crippen molar-refractivity contribution >= 4 is 41.3 Å². The van der Waals surface area contributed by atoms with Crippen LogP contribution in [0.15, 0.2) is 40.7 Å². The Bertz CT molecular complexity index is 722. The highest BCUT2D eigenvalue weighted by molar-refractivity contribution is 14.0. The predicted molar refractivity (Wildman–Crippen MR) is 118 cm³/mol. The van der Waals surface area contributed by atoms with Gasteiger partial charge in [-0.15, -0.1) is 35.3 Å². The molecule has 0 radical (unpaired) electrons. The van der Waals surface area contributed by atoms with E-state index in [-0.39, 0.29) is 30.5 Å². The molecule has 0 fully saturated rings. The minimum atomic E-state index is -4.40. The van der Waals surface area contributed by atoms with Crippen LogP contribution < -0.4 is 10.6 Å². The molecule has 10 heteroatoms. The fourth-order valence-electron chi connectivity index (χ4n) is 2.43. The molecule has 156 valence electrons. The number of alkyl halides is 3. The Morgan fingerprint density at radius 1 is 1.21 bits per heavy atom. The van der Waals surface area contributed by atoms with Gasteiger partial charge in [0.25, 0.3) is 0 Å². The van der Waals surface area contributed by atoms with Gasteiger partial charge in [-0.2, -0.15) is 13.2 Å². The Morgan fingerprint density at radius 3 is 2.54 bits per heavy atom. The topological polar surface area (TPSA) is 52.6 Å². The first kappa shape index (κ1) is 24.6. The van der Waals surface area contributed by atoms with Gasteiger partial charge in [-0.25, -0.2) is 4.98 Å². The maximum atomic E-state index is 12.6. The van der Waals surface area contributed by atoms with Gasteiger partial charge < -0.3 is 15.5 Å². The van der Waals surface area contributed by atoms with Crippen molar-refractivity contribution in [2.75, 3.05) is 27.2 Å². The lowest BCUT2D eigenvalue weighted by molar-refractivity contribution is -0.140. The van der Waals surface area contributed by atoms with Gasteiger partial charge in [0.2, 0.25) is 0 Å². The van der Waals surface area contributed by atoms with E-state index in [9.17, 15) is 13.2 Å². The van der Waals surface area contributed by atoms with Gasteiger partial charge in [-0.3, -0.25) is 4.99 Å². The Morgan fingerprint density at radius 2 is 1.93 bits per heavy atom. The normalized spacial score (nSPS) is 12.0. The number of hydrogen-bond acceptors (Lipinski definition) is 4. The summed E-state index contributed by atoms with van der Waals surface area (Å²) in [7, 11) is 3.70. The van der Waals surface area contributed by atoms with Crippen molar-refractivity contribution in [2.45, 2.75) is 25.7 Å². The fraction of sp³-hybridized carbons (Fsp3) is 0.444. The number of rotatable bonds is 8. The van der Waals surface area contributed by atoms with E-state index in [1.807, 2.05) is 18.2 Å². The molecule has 2 rings (SSSR count). The van der Waals surface area contributed by atoms with Crippen LogP contribution in [-0.2, 0) is 19.3 Å². The second kappa shape index (κ2) is 12.2. The van der Waals surface area contributed by atoms with Crippen LogP contribution in [0.3, 0.4) is 0 Å². The molecule has 28 heavy (non-hydrogen) atoms. The van der Waals surface area contributed by atoms with E-state index in [1.165, 1.54) is 5.56 Å². The summed E-state index contributed by atoms with van der Waals surface area (Å²) in [5.41, 5.74) is 0.417. The van der Waals surface area contributed by atoms with Crippen LogP contribution in [0.2, 0.25) is 0 Å². The quantitative estimate of drug-likeness (QED) is 0.236. The molecular weight excluding hydrogens is 502 g/mol. The number of aromatic nitrogens is 1. The second-order valence-corrected chi connectivity index (χ2v) is 7.00. The monoisotopic (exact) mass is 527 g/mol. The van der Waals surface area contributed by atoms with Crippen LogP contribution in [0.5, 0.6) is 0 Å². The molecule has 1 heterocycles. The first-order valence-electron chi connectivity index (χ1n) is 8.57. The number of hydrogen-bond donors (Lipinski definition) is 2. The molecule has 2 aromatic rings. The van der Waals surface area contributed by atoms with Crippen molar-refractivity contribution in [1.82, 2.24) is 20.5 Å². The molecule has 5 nitrogen and oxygen atoms in total. The summed E-state index contributed by atoms with van der Waals surface area (Å²) in [5, 5.41) is 7.54. The average Bonchev–Trinajstić information content (AvgIpc) is 3.11. The molecule has 0 saturated carbocycles. The van der Waals surface area contributed by atoms with Crippen LogP contribution in [0, 0.1) is 0 Å². The third kappa shape index (κ3) is 8.74. The van der Waals surface area contributed by atoms with Gasteiger partial charge in [-0.1, -0.05) is 30.3 Å². The molecule has 0 aliphatic rings. The van der Waals surface area contributed by atoms with Crippen molar-refractivity contribution < 1.29 is 13.2 Å². The maximum absolute atomic E-state index is 12.6. The molecular formula is C18H25F3IN5S. The number of nitrogens with zero attached hydrogens (tertiary/aromatic N) is 3. The summed E-state index contributed by atoms with van der Waals surface area (Å²) in [6.07, 6.45) is -3.49. The smallest absolute Gasteiger partial charge is 0.356 e. The van der Waals surface area contributed by atoms with E-state index in [0.29, 0.717) is 17.5 Å². The van der Waals surface area contributed by atoms with Crippen molar-refractivity contribution in [3.63, 3.8) is 0 Å². The molecule has 1 aromatic heterocycles. The van der Waals surface area contributed by atoms with Gasteiger partial charge in [0.05, 0.1) is 6.54 Å². The van der Waals surface area contributed by atoms with E-state index in [1.54, 1.807) is 7.05 Å². The Hall–Kier alpha value is -1.40. The largest absolute Gasteiger partial charge is 0.434 e. The number of thiazole rings is 1. The highest BCUT2D eigenvalue weighted by Gasteiger charge is 2.33. The number of benzene rings is 1. The van der Waals surface area contributed by atoms with Crippen molar-refractivity contribution in [3.05, 3.63) is 52.0 Å². The molecule has 0 aliphatic carbocycles. The number of guanidine groups is 1. The number of aliphatic imine (C=N–C) groups is 1. The summed E-state index contributed by atoms with van der Waals surface area (Å²) < 4.78 is 37.7. The lowest BCUT2D eigenvalue weighted by Gasteiger charge is -2.17. The standard InChI is InChI=1S/C18H24F3N5S.HI/c1-22-17(24-11-16-25-15(13-27-16)18(19,20)21)23-9-6-10-26(2)12-14-7-4-3-5-8-14;/h3-5,7-8,13H,6,9-12H2,1-2H3,(H2,22,23,24);1H. The predicted octanol–water partition coefficient (Wildman–Crippen LogP) is 3.97. The van der Waals surface area contributed by atoms with E-state index in [2.05, 4.69) is 44.7 Å². The van der Waals surface area contributed by atoms with Crippen LogP contribution in [0.25, 0.3) is 0 Å². The van der Waals surface area contributed by atoms with Crippen LogP contribution in [0.1, 0.15) is 22.7 Å². The van der Waals surface area contributed by atoms with Gasteiger partial charge >= 0.3 is 6.18 Å². The minimum Gasteiger partial charge on any atom is -0.356 e. The Balaban J connectivity index is 0.00000392. The summed E-state index contributed by atoms with van der Waals surface area (Å²) in [6.45, 7) is 2.72. The van der Waals surface area contributed by atoms with Crippen LogP contribution in [0.4, 0.5) is 13.2 Å². The first-order valence-corrected chi connectivity index (χ1v) is 9.45. The maximum Gasteiger partial charge on any atom is 0.434 e. The lowest BCUT2D eigenvalue weighted by Crippen LogP contribution is -2.38. The third-order valence-electron chi connectivity index (χ3n) is 3.78. The zero-order valence-corrected chi connectivity index (χ0v) is 18.9. The lowest BCUT2D eigenvalue weighted by atomic mass is 10.2. The highest BCUT2D eigenvalue weighted by atomic mass is 127. The van der Waals surface area contributed by atoms with Gasteiger partial charge in [-0.05, 0) is 25.6 Å². The molecule has 0 atom stereocenters. The zero-order chi connectivity index (χ0) is 19.7. The summed E-state index contributed by atoms with van der Waals surface area (Å²) in [4.78, 5) is 9.90. The molecule has 1 aromatic carbocycles. The molecule has 0 bridgehead atoms. The summed E-state index contributed by atoms with van der Waals surface area (Å²) in [5.74, 6) is 0.546. The molecule has 2 N–H and O–H groups in total. The zero-order valence-electron chi connectivity index (χ0n) is 15.8. The summed E-state index contributed by atoms with van der Waals surface area (Å²) >= 11 is 0.979. The van der Waals surface area contributed by atoms with Gasteiger partial charge in [0, 0.05) is 25.5 Å². The molecule has 0 amide bonds. The first-order chi connectivity index (χ1) is 12.9. The van der Waals surface area contributed by atoms with E-state index in [0.717, 1.165) is 36.2 Å². The minimum absolute atomic E-state index is 0. The number of nitrogens with one attached hydrogen (secondary N) is 2. The van der Waals surface area contributed by atoms with E-state index in [4.69, 9.17) is 0 Å². The van der Waals surface area contributed by atoms with Crippen LogP contribution >= 0.6 is 35.3 Å². The van der Waals surface area contributed by atoms with Crippen molar-refractivity contribution in [3.8, 4) is 0 Å². The summed E-state index contributed by atoms with van der Waals surface area (Å²) in [6, 6.07) is 10.3. The van der Waals surface area contributed by atoms with Crippen LogP contribution in [-0.4, -0.2) is 43.0 Å². The molecule has 0 aliphatic heterocycles. The van der Waals surface area contributed by atoms with E-state index >= 15 is 0 Å². The SMILES string of the molecule is CN=C(NCCCN(C)Cc1ccccc1)NCc1nc(C(F)(F)F)cs1.I. The Labute approximate surface area is 184 Å². The van der Waals surface area contributed by atoms with Crippen molar-refractivity contribution in [2.24, 2.45) is 4.99 Å². The van der Waals surface area contributed by atoms with Gasteiger partial charge in [0.1, 0.15) is 5.01 Å². The molecule has 0 spiro atoms. The molecule has 0 saturated heterocycles. The average molecular weight is 527 g/mol. The van der Waals surface area contributed by atoms with Crippen molar-refractivity contribution in [1.29, 1.82) is 0 Å². The molecule has 0 unspecified atom stereocenters. The third-order valence-corrected chi connectivity index (χ3v) is 4.63. The fourth-order valence-corrected chi connectivity index (χ4v) is 3.17. The Kier molecular flexibility index (Phi) is 10.8. The van der Waals surface area contributed by atoms with Gasteiger partial charge in [0.15, 0.2) is 11.7 Å².